The summed E-state index contributed by atoms with van der Waals surface area (Å²) in [6.07, 6.45) is -3.74. The summed E-state index contributed by atoms with van der Waals surface area (Å²) in [6.45, 7) is 1.89. The fraction of sp³-hybridized carbons (Fsp3) is 0.214. The molecule has 0 aliphatic heterocycles. The Morgan fingerprint density at radius 3 is 2.22 bits per heavy atom. The quantitative estimate of drug-likeness (QED) is 0.786. The molecule has 94 valence electrons. The normalized spacial score (nSPS) is 11.6. The number of aromatic nitrogens is 1. The van der Waals surface area contributed by atoms with E-state index in [2.05, 4.69) is 4.98 Å². The van der Waals surface area contributed by atoms with E-state index in [0.717, 1.165) is 29.1 Å². The molecular weight excluding hydrogens is 239 g/mol. The van der Waals surface area contributed by atoms with E-state index >= 15 is 0 Å². The SMILES string of the molecule is Cc1cccc(Cc2ccc(C(F)(F)F)cc2)n1. The Morgan fingerprint density at radius 2 is 1.67 bits per heavy atom. The monoisotopic (exact) mass is 251 g/mol. The first-order valence-corrected chi connectivity index (χ1v) is 5.54. The molecule has 0 spiro atoms. The van der Waals surface area contributed by atoms with Crippen LogP contribution in [-0.4, -0.2) is 4.98 Å². The molecule has 1 heterocycles. The van der Waals surface area contributed by atoms with Crippen LogP contribution in [0.5, 0.6) is 0 Å². The summed E-state index contributed by atoms with van der Waals surface area (Å²) in [4.78, 5) is 4.32. The van der Waals surface area contributed by atoms with Gasteiger partial charge in [0.25, 0.3) is 0 Å². The standard InChI is InChI=1S/C14H12F3N/c1-10-3-2-4-13(18-10)9-11-5-7-12(8-6-11)14(15,16)17/h2-8H,9H2,1H3. The smallest absolute Gasteiger partial charge is 0.258 e. The van der Waals surface area contributed by atoms with Crippen LogP contribution >= 0.6 is 0 Å². The van der Waals surface area contributed by atoms with Gasteiger partial charge in [0.2, 0.25) is 0 Å². The lowest BCUT2D eigenvalue weighted by Gasteiger charge is -2.07. The third-order valence-corrected chi connectivity index (χ3v) is 2.61. The van der Waals surface area contributed by atoms with Crippen molar-refractivity contribution in [2.24, 2.45) is 0 Å². The van der Waals surface area contributed by atoms with Crippen LogP contribution in [0.25, 0.3) is 0 Å². The maximum Gasteiger partial charge on any atom is 0.416 e. The van der Waals surface area contributed by atoms with Crippen molar-refractivity contribution in [3.8, 4) is 0 Å². The van der Waals surface area contributed by atoms with Crippen LogP contribution < -0.4 is 0 Å². The van der Waals surface area contributed by atoms with Gasteiger partial charge in [-0.15, -0.1) is 0 Å². The van der Waals surface area contributed by atoms with E-state index in [1.54, 1.807) is 0 Å². The second kappa shape index (κ2) is 4.80. The lowest BCUT2D eigenvalue weighted by Crippen LogP contribution is -2.04. The fourth-order valence-electron chi connectivity index (χ4n) is 1.72. The van der Waals surface area contributed by atoms with Gasteiger partial charge in [0.05, 0.1) is 5.56 Å². The Balaban J connectivity index is 2.16. The Labute approximate surface area is 103 Å². The Kier molecular flexibility index (Phi) is 3.36. The van der Waals surface area contributed by atoms with Crippen LogP contribution in [-0.2, 0) is 12.6 Å². The number of pyridine rings is 1. The van der Waals surface area contributed by atoms with Crippen molar-refractivity contribution in [2.45, 2.75) is 19.5 Å². The van der Waals surface area contributed by atoms with E-state index in [4.69, 9.17) is 0 Å². The van der Waals surface area contributed by atoms with Gasteiger partial charge in [-0.05, 0) is 36.8 Å². The molecule has 0 aliphatic rings. The number of halogens is 3. The average molecular weight is 251 g/mol. The first-order chi connectivity index (χ1) is 8.45. The van der Waals surface area contributed by atoms with Crippen LogP contribution in [0.15, 0.2) is 42.5 Å². The van der Waals surface area contributed by atoms with Crippen LogP contribution in [0.3, 0.4) is 0 Å². The minimum atomic E-state index is -4.28. The van der Waals surface area contributed by atoms with Gasteiger partial charge in [-0.3, -0.25) is 4.98 Å². The van der Waals surface area contributed by atoms with Crippen molar-refractivity contribution in [3.05, 3.63) is 65.0 Å². The molecule has 0 N–H and O–H groups in total. The molecule has 0 saturated heterocycles. The van der Waals surface area contributed by atoms with E-state index in [1.165, 1.54) is 12.1 Å². The van der Waals surface area contributed by atoms with Crippen molar-refractivity contribution in [3.63, 3.8) is 0 Å². The van der Waals surface area contributed by atoms with E-state index in [-0.39, 0.29) is 0 Å². The van der Waals surface area contributed by atoms with Crippen molar-refractivity contribution in [1.82, 2.24) is 4.98 Å². The molecule has 2 rings (SSSR count). The predicted molar refractivity (Wildman–Crippen MR) is 63.2 cm³/mol. The zero-order valence-corrected chi connectivity index (χ0v) is 9.83. The van der Waals surface area contributed by atoms with Gasteiger partial charge in [-0.25, -0.2) is 0 Å². The van der Waals surface area contributed by atoms with Crippen molar-refractivity contribution in [1.29, 1.82) is 0 Å². The van der Waals surface area contributed by atoms with Gasteiger partial charge in [0.15, 0.2) is 0 Å². The van der Waals surface area contributed by atoms with Gasteiger partial charge < -0.3 is 0 Å². The highest BCUT2D eigenvalue weighted by Crippen LogP contribution is 2.29. The number of nitrogens with zero attached hydrogens (tertiary/aromatic N) is 1. The molecule has 0 amide bonds. The fourth-order valence-corrected chi connectivity index (χ4v) is 1.72. The molecular formula is C14H12F3N. The van der Waals surface area contributed by atoms with Gasteiger partial charge in [0, 0.05) is 17.8 Å². The van der Waals surface area contributed by atoms with Crippen LogP contribution in [0.1, 0.15) is 22.5 Å². The molecule has 1 nitrogen and oxygen atoms in total. The molecule has 0 radical (unpaired) electrons. The zero-order chi connectivity index (χ0) is 13.2. The molecule has 0 atom stereocenters. The summed E-state index contributed by atoms with van der Waals surface area (Å²) in [7, 11) is 0. The minimum Gasteiger partial charge on any atom is -0.258 e. The van der Waals surface area contributed by atoms with Crippen molar-refractivity contribution in [2.75, 3.05) is 0 Å². The number of hydrogen-bond donors (Lipinski definition) is 0. The van der Waals surface area contributed by atoms with E-state index in [0.29, 0.717) is 6.42 Å². The summed E-state index contributed by atoms with van der Waals surface area (Å²) in [5.41, 5.74) is 1.96. The lowest BCUT2D eigenvalue weighted by atomic mass is 10.1. The van der Waals surface area contributed by atoms with E-state index in [9.17, 15) is 13.2 Å². The number of rotatable bonds is 2. The number of alkyl halides is 3. The largest absolute Gasteiger partial charge is 0.416 e. The van der Waals surface area contributed by atoms with Crippen LogP contribution in [0.4, 0.5) is 13.2 Å². The Bertz CT molecular complexity index is 529. The second-order valence-corrected chi connectivity index (χ2v) is 4.14. The predicted octanol–water partition coefficient (Wildman–Crippen LogP) is 4.00. The minimum absolute atomic E-state index is 0.541. The average Bonchev–Trinajstić information content (AvgIpc) is 2.28. The van der Waals surface area contributed by atoms with E-state index < -0.39 is 11.7 Å². The maximum atomic E-state index is 12.4. The maximum absolute atomic E-state index is 12.4. The Morgan fingerprint density at radius 1 is 1.00 bits per heavy atom. The molecule has 18 heavy (non-hydrogen) atoms. The molecule has 1 aromatic carbocycles. The van der Waals surface area contributed by atoms with Gasteiger partial charge in [0.1, 0.15) is 0 Å². The molecule has 0 aliphatic carbocycles. The molecule has 0 bridgehead atoms. The van der Waals surface area contributed by atoms with Gasteiger partial charge >= 0.3 is 6.18 Å². The third kappa shape index (κ3) is 3.09. The van der Waals surface area contributed by atoms with Gasteiger partial charge in [-0.2, -0.15) is 13.2 Å². The van der Waals surface area contributed by atoms with Crippen LogP contribution in [0.2, 0.25) is 0 Å². The molecule has 0 unspecified atom stereocenters. The molecule has 4 heteroatoms. The molecule has 0 fully saturated rings. The Hall–Kier alpha value is -1.84. The number of hydrogen-bond acceptors (Lipinski definition) is 1. The second-order valence-electron chi connectivity index (χ2n) is 4.14. The summed E-state index contributed by atoms with van der Waals surface area (Å²) >= 11 is 0. The molecule has 0 saturated carbocycles. The summed E-state index contributed by atoms with van der Waals surface area (Å²) < 4.78 is 37.2. The summed E-state index contributed by atoms with van der Waals surface area (Å²) in [6, 6.07) is 10.8. The first-order valence-electron chi connectivity index (χ1n) is 5.54. The summed E-state index contributed by atoms with van der Waals surface area (Å²) in [5, 5.41) is 0. The molecule has 1 aromatic heterocycles. The summed E-state index contributed by atoms with van der Waals surface area (Å²) in [5.74, 6) is 0. The first kappa shape index (κ1) is 12.6. The highest BCUT2D eigenvalue weighted by atomic mass is 19.4. The van der Waals surface area contributed by atoms with E-state index in [1.807, 2.05) is 25.1 Å². The molecule has 2 aromatic rings. The lowest BCUT2D eigenvalue weighted by molar-refractivity contribution is -0.137. The zero-order valence-electron chi connectivity index (χ0n) is 9.83. The van der Waals surface area contributed by atoms with Gasteiger partial charge in [-0.1, -0.05) is 18.2 Å². The highest BCUT2D eigenvalue weighted by Gasteiger charge is 2.29. The van der Waals surface area contributed by atoms with Crippen LogP contribution in [0, 0.1) is 6.92 Å². The number of aryl methyl sites for hydroxylation is 1. The van der Waals surface area contributed by atoms with Crippen molar-refractivity contribution < 1.29 is 13.2 Å². The van der Waals surface area contributed by atoms with Crippen molar-refractivity contribution >= 4 is 0 Å². The number of benzene rings is 1. The highest BCUT2D eigenvalue weighted by molar-refractivity contribution is 5.28. The topological polar surface area (TPSA) is 12.9 Å². The third-order valence-electron chi connectivity index (χ3n) is 2.61.